The van der Waals surface area contributed by atoms with Crippen LogP contribution in [-0.4, -0.2) is 29.0 Å². The maximum atomic E-state index is 12.9. The summed E-state index contributed by atoms with van der Waals surface area (Å²) < 4.78 is 11.3. The number of piperidine rings is 1. The van der Waals surface area contributed by atoms with Crippen LogP contribution in [0.5, 0.6) is 11.5 Å². The van der Waals surface area contributed by atoms with Crippen molar-refractivity contribution in [2.24, 2.45) is 0 Å². The maximum Gasteiger partial charge on any atom is 0.289 e. The van der Waals surface area contributed by atoms with E-state index in [0.717, 1.165) is 24.2 Å². The molecular weight excluding hydrogens is 354 g/mol. The minimum atomic E-state index is -0.0826. The number of phenols is 1. The van der Waals surface area contributed by atoms with Gasteiger partial charge in [-0.25, -0.2) is 0 Å². The zero-order valence-corrected chi connectivity index (χ0v) is 15.6. The number of rotatable bonds is 5. The van der Waals surface area contributed by atoms with E-state index < -0.39 is 0 Å². The quantitative estimate of drug-likeness (QED) is 0.707. The molecule has 0 unspecified atom stereocenters. The maximum absolute atomic E-state index is 12.9. The number of para-hydroxylation sites is 1. The van der Waals surface area contributed by atoms with Gasteiger partial charge >= 0.3 is 0 Å². The summed E-state index contributed by atoms with van der Waals surface area (Å²) in [5, 5.41) is 9.44. The van der Waals surface area contributed by atoms with E-state index in [4.69, 9.17) is 9.15 Å². The average Bonchev–Trinajstić information content (AvgIpc) is 3.22. The number of aromatic hydroxyl groups is 1. The SMILES string of the molecule is O=C(c1occc1COc1ccccc1)N1CCC(c2ccc(O)cc2)CC1. The molecule has 4 rings (SSSR count). The van der Waals surface area contributed by atoms with Gasteiger partial charge in [-0.05, 0) is 54.7 Å². The summed E-state index contributed by atoms with van der Waals surface area (Å²) in [6.45, 7) is 1.67. The minimum absolute atomic E-state index is 0.0826. The van der Waals surface area contributed by atoms with Crippen molar-refractivity contribution < 1.29 is 19.1 Å². The number of likely N-dealkylation sites (tertiary alicyclic amines) is 1. The third-order valence-electron chi connectivity index (χ3n) is 5.23. The molecule has 1 aliphatic rings. The fraction of sp³-hybridized carbons (Fsp3) is 0.261. The van der Waals surface area contributed by atoms with Crippen LogP contribution in [0, 0.1) is 0 Å². The second-order valence-electron chi connectivity index (χ2n) is 7.03. The van der Waals surface area contributed by atoms with Crippen LogP contribution in [0.15, 0.2) is 71.3 Å². The number of nitrogens with zero attached hydrogens (tertiary/aromatic N) is 1. The molecule has 0 spiro atoms. The predicted octanol–water partition coefficient (Wildman–Crippen LogP) is 4.58. The van der Waals surface area contributed by atoms with Crippen LogP contribution in [0.4, 0.5) is 0 Å². The van der Waals surface area contributed by atoms with Gasteiger partial charge in [-0.3, -0.25) is 4.79 Å². The van der Waals surface area contributed by atoms with E-state index in [2.05, 4.69) is 0 Å². The van der Waals surface area contributed by atoms with Crippen molar-refractivity contribution in [2.75, 3.05) is 13.1 Å². The summed E-state index contributed by atoms with van der Waals surface area (Å²) in [5.74, 6) is 1.72. The second kappa shape index (κ2) is 8.21. The van der Waals surface area contributed by atoms with Crippen LogP contribution in [-0.2, 0) is 6.61 Å². The number of carbonyl (C=O) groups is 1. The Morgan fingerprint density at radius 3 is 2.46 bits per heavy atom. The highest BCUT2D eigenvalue weighted by Gasteiger charge is 2.27. The van der Waals surface area contributed by atoms with Gasteiger partial charge in [0.05, 0.1) is 6.26 Å². The lowest BCUT2D eigenvalue weighted by atomic mass is 9.89. The Labute approximate surface area is 164 Å². The molecule has 1 aromatic heterocycles. The fourth-order valence-corrected chi connectivity index (χ4v) is 3.62. The van der Waals surface area contributed by atoms with Gasteiger partial charge in [0.15, 0.2) is 5.76 Å². The van der Waals surface area contributed by atoms with Crippen molar-refractivity contribution >= 4 is 5.91 Å². The molecule has 0 atom stereocenters. The van der Waals surface area contributed by atoms with Gasteiger partial charge in [0.25, 0.3) is 5.91 Å². The van der Waals surface area contributed by atoms with E-state index in [1.165, 1.54) is 5.56 Å². The lowest BCUT2D eigenvalue weighted by Crippen LogP contribution is -2.38. The van der Waals surface area contributed by atoms with Crippen molar-refractivity contribution in [1.29, 1.82) is 0 Å². The standard InChI is InChI=1S/C23H23NO4/c25-20-8-6-17(7-9-20)18-10-13-24(14-11-18)23(26)22-19(12-15-27-22)16-28-21-4-2-1-3-5-21/h1-9,12,15,18,25H,10-11,13-14,16H2. The molecule has 0 bridgehead atoms. The number of amides is 1. The van der Waals surface area contributed by atoms with Gasteiger partial charge in [-0.2, -0.15) is 0 Å². The van der Waals surface area contributed by atoms with Gasteiger partial charge in [-0.15, -0.1) is 0 Å². The van der Waals surface area contributed by atoms with E-state index >= 15 is 0 Å². The molecule has 3 aromatic rings. The molecule has 0 aliphatic carbocycles. The summed E-state index contributed by atoms with van der Waals surface area (Å²) in [4.78, 5) is 14.8. The molecule has 0 radical (unpaired) electrons. The molecule has 2 aromatic carbocycles. The van der Waals surface area contributed by atoms with Gasteiger partial charge in [-0.1, -0.05) is 30.3 Å². The highest BCUT2D eigenvalue weighted by atomic mass is 16.5. The van der Waals surface area contributed by atoms with Crippen LogP contribution < -0.4 is 4.74 Å². The predicted molar refractivity (Wildman–Crippen MR) is 105 cm³/mol. The largest absolute Gasteiger partial charge is 0.508 e. The van der Waals surface area contributed by atoms with Crippen molar-refractivity contribution in [3.05, 3.63) is 83.8 Å². The third-order valence-corrected chi connectivity index (χ3v) is 5.23. The number of benzene rings is 2. The molecular formula is C23H23NO4. The lowest BCUT2D eigenvalue weighted by molar-refractivity contribution is 0.0677. The van der Waals surface area contributed by atoms with Crippen molar-refractivity contribution in [1.82, 2.24) is 4.90 Å². The Kier molecular flexibility index (Phi) is 5.33. The van der Waals surface area contributed by atoms with E-state index in [9.17, 15) is 9.90 Å². The summed E-state index contributed by atoms with van der Waals surface area (Å²) in [5.41, 5.74) is 1.97. The number of hydrogen-bond acceptors (Lipinski definition) is 4. The van der Waals surface area contributed by atoms with E-state index in [0.29, 0.717) is 31.4 Å². The minimum Gasteiger partial charge on any atom is -0.508 e. The molecule has 1 amide bonds. The van der Waals surface area contributed by atoms with Gasteiger partial charge in [0, 0.05) is 18.7 Å². The van der Waals surface area contributed by atoms with Crippen LogP contribution in [0.2, 0.25) is 0 Å². The summed E-state index contributed by atoms with van der Waals surface area (Å²) in [6.07, 6.45) is 3.33. The monoisotopic (exact) mass is 377 g/mol. The Hall–Kier alpha value is -3.21. The molecule has 144 valence electrons. The summed E-state index contributed by atoms with van der Waals surface area (Å²) in [6, 6.07) is 18.7. The third kappa shape index (κ3) is 4.03. The smallest absolute Gasteiger partial charge is 0.289 e. The van der Waals surface area contributed by atoms with Crippen LogP contribution in [0.1, 0.15) is 40.4 Å². The summed E-state index contributed by atoms with van der Waals surface area (Å²) in [7, 11) is 0. The highest BCUT2D eigenvalue weighted by molar-refractivity contribution is 5.93. The Morgan fingerprint density at radius 1 is 1.04 bits per heavy atom. The molecule has 1 aliphatic heterocycles. The first-order chi connectivity index (χ1) is 13.7. The normalized spacial score (nSPS) is 14.8. The lowest BCUT2D eigenvalue weighted by Gasteiger charge is -2.32. The molecule has 28 heavy (non-hydrogen) atoms. The average molecular weight is 377 g/mol. The zero-order chi connectivity index (χ0) is 19.3. The molecule has 1 N–H and O–H groups in total. The number of furan rings is 1. The van der Waals surface area contributed by atoms with Gasteiger partial charge in [0.1, 0.15) is 18.1 Å². The van der Waals surface area contributed by atoms with E-state index in [1.807, 2.05) is 47.4 Å². The molecule has 5 heteroatoms. The Balaban J connectivity index is 1.37. The topological polar surface area (TPSA) is 62.9 Å². The number of hydrogen-bond donors (Lipinski definition) is 1. The van der Waals surface area contributed by atoms with Crippen LogP contribution in [0.25, 0.3) is 0 Å². The van der Waals surface area contributed by atoms with Crippen LogP contribution in [0.3, 0.4) is 0 Å². The van der Waals surface area contributed by atoms with Crippen molar-refractivity contribution in [2.45, 2.75) is 25.4 Å². The van der Waals surface area contributed by atoms with Crippen molar-refractivity contribution in [3.8, 4) is 11.5 Å². The zero-order valence-electron chi connectivity index (χ0n) is 15.6. The first kappa shape index (κ1) is 18.2. The molecule has 5 nitrogen and oxygen atoms in total. The number of phenolic OH excluding ortho intramolecular Hbond substituents is 1. The number of carbonyl (C=O) groups excluding carboxylic acids is 1. The Bertz CT molecular complexity index is 909. The first-order valence-electron chi connectivity index (χ1n) is 9.53. The number of ether oxygens (including phenoxy) is 1. The second-order valence-corrected chi connectivity index (χ2v) is 7.03. The van der Waals surface area contributed by atoms with Gasteiger partial charge in [0.2, 0.25) is 0 Å². The van der Waals surface area contributed by atoms with Crippen molar-refractivity contribution in [3.63, 3.8) is 0 Å². The van der Waals surface area contributed by atoms with Crippen LogP contribution >= 0.6 is 0 Å². The van der Waals surface area contributed by atoms with E-state index in [1.54, 1.807) is 24.5 Å². The fourth-order valence-electron chi connectivity index (χ4n) is 3.62. The molecule has 1 fully saturated rings. The Morgan fingerprint density at radius 2 is 1.75 bits per heavy atom. The highest BCUT2D eigenvalue weighted by Crippen LogP contribution is 2.30. The molecule has 1 saturated heterocycles. The van der Waals surface area contributed by atoms with Gasteiger partial charge < -0.3 is 19.2 Å². The summed E-state index contributed by atoms with van der Waals surface area (Å²) >= 11 is 0. The molecule has 2 heterocycles. The molecule has 0 saturated carbocycles. The first-order valence-corrected chi connectivity index (χ1v) is 9.53. The van der Waals surface area contributed by atoms with E-state index in [-0.39, 0.29) is 11.7 Å².